The van der Waals surface area contributed by atoms with Gasteiger partial charge >= 0.3 is 0 Å². The fourth-order valence-corrected chi connectivity index (χ4v) is 6.52. The quantitative estimate of drug-likeness (QED) is 0.0927. The monoisotopic (exact) mass is 696 g/mol. The summed E-state index contributed by atoms with van der Waals surface area (Å²) in [6.45, 7) is 4.13. The molecule has 7 aromatic carbocycles. The number of nitrogens with zero attached hydrogens (tertiary/aromatic N) is 2. The van der Waals surface area contributed by atoms with Crippen molar-refractivity contribution < 1.29 is 0 Å². The van der Waals surface area contributed by atoms with Crippen LogP contribution < -0.4 is 9.80 Å². The summed E-state index contributed by atoms with van der Waals surface area (Å²) in [6, 6.07) is 66.4. The maximum atomic E-state index is 2.28. The zero-order chi connectivity index (χ0) is 37.0. The highest BCUT2D eigenvalue weighted by molar-refractivity contribution is 5.79. The average Bonchev–Trinajstić information content (AvgIpc) is 3.24. The molecule has 0 aliphatic rings. The van der Waals surface area contributed by atoms with Crippen LogP contribution in [-0.4, -0.2) is 0 Å². The van der Waals surface area contributed by atoms with E-state index in [-0.39, 0.29) is 0 Å². The van der Waals surface area contributed by atoms with E-state index in [1.807, 2.05) is 0 Å². The van der Waals surface area contributed by atoms with Crippen LogP contribution >= 0.6 is 0 Å². The van der Waals surface area contributed by atoms with E-state index in [1.54, 1.807) is 0 Å². The lowest BCUT2D eigenvalue weighted by Gasteiger charge is -2.26. The van der Waals surface area contributed by atoms with E-state index in [0.717, 1.165) is 45.3 Å². The molecule has 0 aliphatic heterocycles. The molecule has 54 heavy (non-hydrogen) atoms. The van der Waals surface area contributed by atoms with E-state index in [1.165, 1.54) is 22.3 Å². The highest BCUT2D eigenvalue weighted by Crippen LogP contribution is 2.35. The van der Waals surface area contributed by atoms with Gasteiger partial charge in [-0.3, -0.25) is 0 Å². The summed E-state index contributed by atoms with van der Waals surface area (Å²) in [4.78, 5) is 4.56. The molecule has 0 spiro atoms. The minimum Gasteiger partial charge on any atom is -0.311 e. The van der Waals surface area contributed by atoms with Crippen LogP contribution in [0.5, 0.6) is 0 Å². The van der Waals surface area contributed by atoms with Crippen molar-refractivity contribution in [3.63, 3.8) is 0 Å². The van der Waals surface area contributed by atoms with Gasteiger partial charge in [-0.2, -0.15) is 0 Å². The standard InChI is InChI=1S/C52H44N2/c1-3-14-47(4-2)53(48-15-8-5-9-16-48)51-37-29-43(30-38-51)23-21-41-25-33-45(34-26-41)46-35-27-42(28-36-46)22-24-44-31-39-52(40-32-44)54(49-17-10-6-11-18-49)50-19-12-7-13-20-50/h3-40H,1-2H3/b14-3-,23-21+,24-22+,47-4+. The molecule has 0 amide bonds. The molecule has 0 aliphatic carbocycles. The third-order valence-corrected chi connectivity index (χ3v) is 9.33. The van der Waals surface area contributed by atoms with Gasteiger partial charge in [-0.15, -0.1) is 0 Å². The van der Waals surface area contributed by atoms with Crippen LogP contribution in [0, 0.1) is 0 Å². The zero-order valence-corrected chi connectivity index (χ0v) is 30.8. The van der Waals surface area contributed by atoms with Gasteiger partial charge in [0.15, 0.2) is 0 Å². The SMILES string of the molecule is C/C=C\C(=C/C)N(c1ccccc1)c1ccc(/C=C/c2ccc(-c3ccc(/C=C/c4ccc(N(c5ccccc5)c5ccccc5)cc4)cc3)cc2)cc1. The first-order valence-electron chi connectivity index (χ1n) is 18.5. The van der Waals surface area contributed by atoms with Crippen LogP contribution in [0.25, 0.3) is 35.4 Å². The van der Waals surface area contributed by atoms with Gasteiger partial charge in [-0.05, 0) is 114 Å². The molecular formula is C52H44N2. The minimum absolute atomic E-state index is 1.12. The lowest BCUT2D eigenvalue weighted by molar-refractivity contribution is 1.20. The average molecular weight is 697 g/mol. The largest absolute Gasteiger partial charge is 0.311 e. The predicted molar refractivity (Wildman–Crippen MR) is 234 cm³/mol. The van der Waals surface area contributed by atoms with Crippen LogP contribution in [-0.2, 0) is 0 Å². The van der Waals surface area contributed by atoms with Crippen LogP contribution in [0.2, 0.25) is 0 Å². The summed E-state index contributed by atoms with van der Waals surface area (Å²) < 4.78 is 0. The summed E-state index contributed by atoms with van der Waals surface area (Å²) in [5.41, 5.74) is 13.8. The number of benzene rings is 7. The van der Waals surface area contributed by atoms with Gasteiger partial charge in [0, 0.05) is 34.1 Å². The molecule has 0 atom stereocenters. The van der Waals surface area contributed by atoms with Crippen LogP contribution in [0.15, 0.2) is 212 Å². The predicted octanol–water partition coefficient (Wildman–Crippen LogP) is 14.8. The highest BCUT2D eigenvalue weighted by Gasteiger charge is 2.13. The minimum atomic E-state index is 1.12. The Balaban J connectivity index is 0.984. The maximum Gasteiger partial charge on any atom is 0.0462 e. The molecule has 262 valence electrons. The third kappa shape index (κ3) is 8.75. The van der Waals surface area contributed by atoms with Crippen LogP contribution in [0.1, 0.15) is 36.1 Å². The van der Waals surface area contributed by atoms with E-state index >= 15 is 0 Å². The van der Waals surface area contributed by atoms with Gasteiger partial charge in [0.1, 0.15) is 0 Å². The Kier molecular flexibility index (Phi) is 11.5. The number of para-hydroxylation sites is 3. The van der Waals surface area contributed by atoms with E-state index in [2.05, 4.69) is 254 Å². The molecule has 7 rings (SSSR count). The molecule has 0 aromatic heterocycles. The number of hydrogen-bond donors (Lipinski definition) is 0. The summed E-state index contributed by atoms with van der Waals surface area (Å²) in [5.74, 6) is 0. The van der Waals surface area contributed by atoms with Crippen molar-refractivity contribution in [2.45, 2.75) is 13.8 Å². The first-order valence-corrected chi connectivity index (χ1v) is 18.5. The van der Waals surface area contributed by atoms with E-state index in [4.69, 9.17) is 0 Å². The Morgan fingerprint density at radius 2 is 0.667 bits per heavy atom. The molecule has 0 saturated carbocycles. The van der Waals surface area contributed by atoms with Crippen molar-refractivity contribution in [3.8, 4) is 11.1 Å². The Hall–Kier alpha value is -6.90. The second-order valence-corrected chi connectivity index (χ2v) is 13.0. The molecule has 0 radical (unpaired) electrons. The van der Waals surface area contributed by atoms with Gasteiger partial charge in [0.05, 0.1) is 0 Å². The van der Waals surface area contributed by atoms with Crippen molar-refractivity contribution in [2.24, 2.45) is 0 Å². The number of rotatable bonds is 12. The lowest BCUT2D eigenvalue weighted by atomic mass is 10.0. The summed E-state index contributed by atoms with van der Waals surface area (Å²) in [5, 5.41) is 0. The number of hydrogen-bond acceptors (Lipinski definition) is 2. The van der Waals surface area contributed by atoms with E-state index in [0.29, 0.717) is 0 Å². The van der Waals surface area contributed by atoms with E-state index < -0.39 is 0 Å². The Bertz CT molecular complexity index is 2290. The van der Waals surface area contributed by atoms with Crippen molar-refractivity contribution >= 4 is 52.7 Å². The smallest absolute Gasteiger partial charge is 0.0462 e. The Morgan fingerprint density at radius 1 is 0.352 bits per heavy atom. The topological polar surface area (TPSA) is 6.48 Å². The lowest BCUT2D eigenvalue weighted by Crippen LogP contribution is -2.14. The Morgan fingerprint density at radius 3 is 1.04 bits per heavy atom. The summed E-state index contributed by atoms with van der Waals surface area (Å²) in [6.07, 6.45) is 15.1. The molecule has 2 heteroatoms. The highest BCUT2D eigenvalue weighted by atomic mass is 15.1. The first kappa shape index (κ1) is 35.5. The normalized spacial score (nSPS) is 11.8. The van der Waals surface area contributed by atoms with Gasteiger partial charge in [0.25, 0.3) is 0 Å². The molecule has 0 N–H and O–H groups in total. The maximum absolute atomic E-state index is 2.28. The molecule has 0 unspecified atom stereocenters. The summed E-state index contributed by atoms with van der Waals surface area (Å²) >= 11 is 0. The van der Waals surface area contributed by atoms with Gasteiger partial charge in [-0.25, -0.2) is 0 Å². The zero-order valence-electron chi connectivity index (χ0n) is 30.8. The molecule has 0 bridgehead atoms. The molecule has 0 saturated heterocycles. The Labute approximate surface area is 320 Å². The number of allylic oxidation sites excluding steroid dienone is 3. The van der Waals surface area contributed by atoms with Gasteiger partial charge < -0.3 is 9.80 Å². The second kappa shape index (κ2) is 17.5. The van der Waals surface area contributed by atoms with Crippen molar-refractivity contribution in [1.82, 2.24) is 0 Å². The molecular weight excluding hydrogens is 653 g/mol. The van der Waals surface area contributed by atoms with Gasteiger partial charge in [-0.1, -0.05) is 164 Å². The van der Waals surface area contributed by atoms with Gasteiger partial charge in [0.2, 0.25) is 0 Å². The number of anilines is 5. The van der Waals surface area contributed by atoms with Crippen LogP contribution in [0.3, 0.4) is 0 Å². The fraction of sp³-hybridized carbons (Fsp3) is 0.0385. The first-order chi connectivity index (χ1) is 26.7. The van der Waals surface area contributed by atoms with Crippen molar-refractivity contribution in [2.75, 3.05) is 9.80 Å². The fourth-order valence-electron chi connectivity index (χ4n) is 6.52. The summed E-state index contributed by atoms with van der Waals surface area (Å²) in [7, 11) is 0. The second-order valence-electron chi connectivity index (χ2n) is 13.0. The van der Waals surface area contributed by atoms with Crippen LogP contribution in [0.4, 0.5) is 28.4 Å². The van der Waals surface area contributed by atoms with Crippen molar-refractivity contribution in [3.05, 3.63) is 234 Å². The third-order valence-electron chi connectivity index (χ3n) is 9.33. The molecule has 7 aromatic rings. The molecule has 0 heterocycles. The van der Waals surface area contributed by atoms with E-state index in [9.17, 15) is 0 Å². The molecule has 0 fully saturated rings. The molecule has 2 nitrogen and oxygen atoms in total. The van der Waals surface area contributed by atoms with Crippen molar-refractivity contribution in [1.29, 1.82) is 0 Å².